The number of rotatable bonds is 7. The Morgan fingerprint density at radius 2 is 1.70 bits per heavy atom. The molecule has 0 aliphatic carbocycles. The van der Waals surface area contributed by atoms with Gasteiger partial charge in [0.2, 0.25) is 0 Å². The van der Waals surface area contributed by atoms with Gasteiger partial charge in [0, 0.05) is 6.04 Å². The van der Waals surface area contributed by atoms with Crippen LogP contribution in [-0.2, 0) is 9.53 Å². The van der Waals surface area contributed by atoms with Crippen LogP contribution in [-0.4, -0.2) is 30.6 Å². The van der Waals surface area contributed by atoms with E-state index in [1.54, 1.807) is 0 Å². The van der Waals surface area contributed by atoms with E-state index >= 15 is 0 Å². The third-order valence-corrected chi connectivity index (χ3v) is 3.79. The fourth-order valence-electron chi connectivity index (χ4n) is 2.81. The molecule has 112 valence electrons. The van der Waals surface area contributed by atoms with E-state index in [1.807, 2.05) is 6.92 Å². The molecule has 1 unspecified atom stereocenters. The Labute approximate surface area is 122 Å². The number of esters is 1. The van der Waals surface area contributed by atoms with E-state index in [9.17, 15) is 4.79 Å². The van der Waals surface area contributed by atoms with Crippen LogP contribution in [0.5, 0.6) is 0 Å². The van der Waals surface area contributed by atoms with Gasteiger partial charge >= 0.3 is 5.97 Å². The minimum Gasteiger partial charge on any atom is -0.466 e. The Kier molecular flexibility index (Phi) is 6.73. The maximum Gasteiger partial charge on any atom is 0.307 e. The van der Waals surface area contributed by atoms with Crippen LogP contribution < -0.4 is 0 Å². The zero-order valence-electron chi connectivity index (χ0n) is 13.4. The summed E-state index contributed by atoms with van der Waals surface area (Å²) in [6.45, 7) is 12.6. The Morgan fingerprint density at radius 1 is 1.15 bits per heavy atom. The lowest BCUT2D eigenvalue weighted by molar-refractivity contribution is -0.144. The quantitative estimate of drug-likeness (QED) is 0.713. The molecule has 20 heavy (non-hydrogen) atoms. The Morgan fingerprint density at radius 3 is 2.15 bits per heavy atom. The van der Waals surface area contributed by atoms with Gasteiger partial charge in [-0.25, -0.2) is 0 Å². The summed E-state index contributed by atoms with van der Waals surface area (Å²) < 4.78 is 5.15. The third kappa shape index (κ3) is 4.07. The maximum atomic E-state index is 11.9. The molecule has 3 heteroatoms. The van der Waals surface area contributed by atoms with Crippen LogP contribution in [0.3, 0.4) is 0 Å². The summed E-state index contributed by atoms with van der Waals surface area (Å²) in [5.41, 5.74) is 3.75. The zero-order chi connectivity index (χ0) is 15.1. The van der Waals surface area contributed by atoms with Crippen LogP contribution in [0.2, 0.25) is 0 Å². The van der Waals surface area contributed by atoms with Crippen molar-refractivity contribution in [2.75, 3.05) is 19.7 Å². The molecule has 0 aliphatic rings. The number of hydrogen-bond donors (Lipinski definition) is 0. The number of carbonyl (C=O) groups is 1. The van der Waals surface area contributed by atoms with Gasteiger partial charge in [0.05, 0.1) is 13.0 Å². The summed E-state index contributed by atoms with van der Waals surface area (Å²) in [4.78, 5) is 14.3. The first kappa shape index (κ1) is 16.7. The number of nitrogens with zero attached hydrogens (tertiary/aromatic N) is 1. The molecule has 1 aromatic rings. The summed E-state index contributed by atoms with van der Waals surface area (Å²) >= 11 is 0. The minimum absolute atomic E-state index is 0.102. The van der Waals surface area contributed by atoms with Crippen LogP contribution in [0.15, 0.2) is 18.2 Å². The molecule has 1 aromatic carbocycles. The maximum absolute atomic E-state index is 11.9. The molecular weight excluding hydrogens is 250 g/mol. The van der Waals surface area contributed by atoms with Crippen LogP contribution in [0.25, 0.3) is 0 Å². The van der Waals surface area contributed by atoms with Crippen molar-refractivity contribution in [3.05, 3.63) is 34.9 Å². The number of ether oxygens (including phenoxy) is 1. The molecule has 0 aromatic heterocycles. The fraction of sp³-hybridized carbons (Fsp3) is 0.588. The lowest BCUT2D eigenvalue weighted by atomic mass is 9.93. The van der Waals surface area contributed by atoms with Crippen LogP contribution in [0.1, 0.15) is 49.9 Å². The number of carbonyl (C=O) groups excluding carboxylic acids is 1. The van der Waals surface area contributed by atoms with Crippen molar-refractivity contribution in [1.82, 2.24) is 4.90 Å². The van der Waals surface area contributed by atoms with Crippen molar-refractivity contribution >= 4 is 5.97 Å². The molecule has 0 heterocycles. The van der Waals surface area contributed by atoms with Gasteiger partial charge in [-0.3, -0.25) is 9.69 Å². The van der Waals surface area contributed by atoms with Gasteiger partial charge < -0.3 is 4.74 Å². The van der Waals surface area contributed by atoms with Gasteiger partial charge in [-0.15, -0.1) is 0 Å². The van der Waals surface area contributed by atoms with Gasteiger partial charge in [-0.05, 0) is 50.6 Å². The lowest BCUT2D eigenvalue weighted by Crippen LogP contribution is -2.31. The van der Waals surface area contributed by atoms with E-state index in [1.165, 1.54) is 16.7 Å². The summed E-state index contributed by atoms with van der Waals surface area (Å²) in [5.74, 6) is -0.118. The molecule has 3 nitrogen and oxygen atoms in total. The lowest BCUT2D eigenvalue weighted by Gasteiger charge is -2.31. The number of benzene rings is 1. The zero-order valence-corrected chi connectivity index (χ0v) is 13.4. The van der Waals surface area contributed by atoms with E-state index < -0.39 is 0 Å². The normalized spacial score (nSPS) is 12.5. The molecule has 0 N–H and O–H groups in total. The number of hydrogen-bond acceptors (Lipinski definition) is 3. The third-order valence-electron chi connectivity index (χ3n) is 3.79. The standard InChI is InChI=1S/C17H27NO2/c1-6-18(7-2)15(12-16(19)20-8-3)17-13(4)10-9-11-14(17)5/h9-11,15H,6-8,12H2,1-5H3. The molecule has 0 radical (unpaired) electrons. The van der Waals surface area contributed by atoms with E-state index in [0.29, 0.717) is 13.0 Å². The second-order valence-corrected chi connectivity index (χ2v) is 5.05. The summed E-state index contributed by atoms with van der Waals surface area (Å²) in [6, 6.07) is 6.40. The summed E-state index contributed by atoms with van der Waals surface area (Å²) in [6.07, 6.45) is 0.418. The van der Waals surface area contributed by atoms with Gasteiger partial charge in [-0.1, -0.05) is 32.0 Å². The molecule has 0 spiro atoms. The number of aryl methyl sites for hydroxylation is 2. The molecule has 0 fully saturated rings. The first-order chi connectivity index (χ1) is 9.54. The Bertz CT molecular complexity index is 418. The smallest absolute Gasteiger partial charge is 0.307 e. The topological polar surface area (TPSA) is 29.5 Å². The molecule has 0 saturated heterocycles. The van der Waals surface area contributed by atoms with E-state index in [4.69, 9.17) is 4.74 Å². The second-order valence-electron chi connectivity index (χ2n) is 5.05. The van der Waals surface area contributed by atoms with Gasteiger partial charge in [0.25, 0.3) is 0 Å². The van der Waals surface area contributed by atoms with Crippen molar-refractivity contribution < 1.29 is 9.53 Å². The van der Waals surface area contributed by atoms with E-state index in [0.717, 1.165) is 13.1 Å². The largest absolute Gasteiger partial charge is 0.466 e. The van der Waals surface area contributed by atoms with Crippen LogP contribution in [0.4, 0.5) is 0 Å². The SMILES string of the molecule is CCOC(=O)CC(c1c(C)cccc1C)N(CC)CC. The predicted molar refractivity (Wildman–Crippen MR) is 82.8 cm³/mol. The monoisotopic (exact) mass is 277 g/mol. The highest BCUT2D eigenvalue weighted by molar-refractivity contribution is 5.70. The van der Waals surface area contributed by atoms with Crippen LogP contribution in [0, 0.1) is 13.8 Å². The average molecular weight is 277 g/mol. The summed E-state index contributed by atoms with van der Waals surface area (Å²) in [5, 5.41) is 0. The fourth-order valence-corrected chi connectivity index (χ4v) is 2.81. The molecule has 0 saturated carbocycles. The molecule has 1 atom stereocenters. The Balaban J connectivity index is 3.12. The first-order valence-electron chi connectivity index (χ1n) is 7.50. The van der Waals surface area contributed by atoms with Crippen molar-refractivity contribution in [3.63, 3.8) is 0 Å². The van der Waals surface area contributed by atoms with E-state index in [2.05, 4.69) is 50.8 Å². The van der Waals surface area contributed by atoms with Gasteiger partial charge in [-0.2, -0.15) is 0 Å². The molecule has 1 rings (SSSR count). The minimum atomic E-state index is -0.118. The summed E-state index contributed by atoms with van der Waals surface area (Å²) in [7, 11) is 0. The van der Waals surface area contributed by atoms with Crippen molar-refractivity contribution in [2.45, 2.75) is 47.1 Å². The van der Waals surface area contributed by atoms with Crippen LogP contribution >= 0.6 is 0 Å². The van der Waals surface area contributed by atoms with E-state index in [-0.39, 0.29) is 12.0 Å². The highest BCUT2D eigenvalue weighted by Gasteiger charge is 2.24. The molecule has 0 aliphatic heterocycles. The highest BCUT2D eigenvalue weighted by atomic mass is 16.5. The molecule has 0 bridgehead atoms. The molecular formula is C17H27NO2. The molecule has 0 amide bonds. The van der Waals surface area contributed by atoms with Crippen molar-refractivity contribution in [2.24, 2.45) is 0 Å². The second kappa shape index (κ2) is 8.05. The van der Waals surface area contributed by atoms with Crippen molar-refractivity contribution in [3.8, 4) is 0 Å². The average Bonchev–Trinajstić information content (AvgIpc) is 2.39. The first-order valence-corrected chi connectivity index (χ1v) is 7.50. The predicted octanol–water partition coefficient (Wildman–Crippen LogP) is 3.64. The Hall–Kier alpha value is -1.35. The van der Waals surface area contributed by atoms with Gasteiger partial charge in [0.1, 0.15) is 0 Å². The van der Waals surface area contributed by atoms with Gasteiger partial charge in [0.15, 0.2) is 0 Å². The highest BCUT2D eigenvalue weighted by Crippen LogP contribution is 2.30. The van der Waals surface area contributed by atoms with Crippen molar-refractivity contribution in [1.29, 1.82) is 0 Å².